The minimum atomic E-state index is -3.69. The highest BCUT2D eigenvalue weighted by molar-refractivity contribution is 7.89. The van der Waals surface area contributed by atoms with Crippen LogP contribution in [0.15, 0.2) is 47.4 Å². The van der Waals surface area contributed by atoms with Crippen LogP contribution in [0.1, 0.15) is 42.1 Å². The molecule has 2 aromatic carbocycles. The molecule has 2 amide bonds. The zero-order valence-electron chi connectivity index (χ0n) is 18.8. The average molecular weight is 476 g/mol. The maximum Gasteiger partial charge on any atom is 0.276 e. The van der Waals surface area contributed by atoms with Crippen molar-refractivity contribution in [1.82, 2.24) is 15.2 Å². The van der Waals surface area contributed by atoms with Crippen molar-refractivity contribution in [3.63, 3.8) is 0 Å². The quantitative estimate of drug-likeness (QED) is 0.567. The Morgan fingerprint density at radius 1 is 0.970 bits per heavy atom. The average Bonchev–Trinajstić information content (AvgIpc) is 2.83. The van der Waals surface area contributed by atoms with E-state index in [4.69, 9.17) is 9.47 Å². The molecule has 2 aromatic rings. The van der Waals surface area contributed by atoms with Gasteiger partial charge in [0.15, 0.2) is 18.1 Å². The third-order valence-electron chi connectivity index (χ3n) is 5.21. The van der Waals surface area contributed by atoms with Crippen LogP contribution >= 0.6 is 0 Å². The second-order valence-electron chi connectivity index (χ2n) is 7.62. The lowest BCUT2D eigenvalue weighted by Crippen LogP contribution is -2.44. The topological polar surface area (TPSA) is 114 Å². The summed E-state index contributed by atoms with van der Waals surface area (Å²) in [7, 11) is -3.69. The number of benzene rings is 2. The fourth-order valence-electron chi connectivity index (χ4n) is 3.49. The molecule has 1 heterocycles. The summed E-state index contributed by atoms with van der Waals surface area (Å²) in [6.07, 6.45) is 2.65. The number of piperidine rings is 1. The minimum absolute atomic E-state index is 0.0965. The number of amides is 2. The third-order valence-corrected chi connectivity index (χ3v) is 7.25. The van der Waals surface area contributed by atoms with Gasteiger partial charge < -0.3 is 9.47 Å². The van der Waals surface area contributed by atoms with Crippen LogP contribution in [-0.2, 0) is 14.8 Å². The summed E-state index contributed by atoms with van der Waals surface area (Å²) in [6.45, 7) is 4.59. The molecule has 33 heavy (non-hydrogen) atoms. The molecule has 0 aromatic heterocycles. The van der Waals surface area contributed by atoms with E-state index in [1.165, 1.54) is 16.4 Å². The SMILES string of the molecule is CCOc1ccccc1OCC(=O)NNC(=O)c1ccc(C)c(S(=O)(=O)N2CCCCC2)c1. The van der Waals surface area contributed by atoms with Gasteiger partial charge in [-0.05, 0) is 56.5 Å². The Morgan fingerprint density at radius 2 is 1.64 bits per heavy atom. The van der Waals surface area contributed by atoms with E-state index < -0.39 is 21.8 Å². The molecule has 1 saturated heterocycles. The lowest BCUT2D eigenvalue weighted by molar-refractivity contribution is -0.123. The Morgan fingerprint density at radius 3 is 2.30 bits per heavy atom. The summed E-state index contributed by atoms with van der Waals surface area (Å²) >= 11 is 0. The van der Waals surface area contributed by atoms with Gasteiger partial charge in [0.25, 0.3) is 11.8 Å². The lowest BCUT2D eigenvalue weighted by Gasteiger charge is -2.26. The number of hydrogen-bond donors (Lipinski definition) is 2. The van der Waals surface area contributed by atoms with Crippen LogP contribution < -0.4 is 20.3 Å². The van der Waals surface area contributed by atoms with E-state index >= 15 is 0 Å². The van der Waals surface area contributed by atoms with Gasteiger partial charge in [0.05, 0.1) is 11.5 Å². The zero-order valence-corrected chi connectivity index (χ0v) is 19.6. The first-order chi connectivity index (χ1) is 15.8. The molecular formula is C23H29N3O6S. The smallest absolute Gasteiger partial charge is 0.276 e. The van der Waals surface area contributed by atoms with Crippen LogP contribution in [0.25, 0.3) is 0 Å². The molecule has 3 rings (SSSR count). The van der Waals surface area contributed by atoms with Crippen LogP contribution in [-0.4, -0.2) is 50.8 Å². The van der Waals surface area contributed by atoms with Crippen molar-refractivity contribution in [2.45, 2.75) is 38.0 Å². The van der Waals surface area contributed by atoms with Crippen molar-refractivity contribution in [2.24, 2.45) is 0 Å². The number of aryl methyl sites for hydroxylation is 1. The lowest BCUT2D eigenvalue weighted by atomic mass is 10.1. The zero-order chi connectivity index (χ0) is 23.8. The predicted molar refractivity (Wildman–Crippen MR) is 123 cm³/mol. The summed E-state index contributed by atoms with van der Waals surface area (Å²) in [4.78, 5) is 24.7. The molecule has 0 spiro atoms. The second kappa shape index (κ2) is 11.2. The van der Waals surface area contributed by atoms with Crippen molar-refractivity contribution >= 4 is 21.8 Å². The second-order valence-corrected chi connectivity index (χ2v) is 9.52. The normalized spacial score (nSPS) is 14.4. The van der Waals surface area contributed by atoms with E-state index in [0.717, 1.165) is 19.3 Å². The van der Waals surface area contributed by atoms with Crippen LogP contribution in [0.3, 0.4) is 0 Å². The molecule has 0 unspecified atom stereocenters. The number of ether oxygens (including phenoxy) is 2. The maximum atomic E-state index is 13.0. The van der Waals surface area contributed by atoms with Gasteiger partial charge in [-0.2, -0.15) is 4.31 Å². The van der Waals surface area contributed by atoms with Gasteiger partial charge in [0, 0.05) is 18.7 Å². The van der Waals surface area contributed by atoms with E-state index in [-0.39, 0.29) is 17.1 Å². The molecule has 1 aliphatic heterocycles. The Bertz CT molecular complexity index is 1100. The summed E-state index contributed by atoms with van der Waals surface area (Å²) in [5.41, 5.74) is 5.25. The molecule has 0 aliphatic carbocycles. The van der Waals surface area contributed by atoms with Crippen molar-refractivity contribution in [3.05, 3.63) is 53.6 Å². The van der Waals surface area contributed by atoms with Crippen LogP contribution in [0.2, 0.25) is 0 Å². The molecule has 1 aliphatic rings. The number of nitrogens with one attached hydrogen (secondary N) is 2. The van der Waals surface area contributed by atoms with Crippen molar-refractivity contribution in [1.29, 1.82) is 0 Å². The molecule has 0 saturated carbocycles. The molecule has 0 atom stereocenters. The Balaban J connectivity index is 1.60. The van der Waals surface area contributed by atoms with Gasteiger partial charge in [-0.25, -0.2) is 8.42 Å². The summed E-state index contributed by atoms with van der Waals surface area (Å²) < 4.78 is 38.4. The van der Waals surface area contributed by atoms with Gasteiger partial charge in [-0.1, -0.05) is 24.6 Å². The number of hydrazine groups is 1. The summed E-state index contributed by atoms with van der Waals surface area (Å²) in [6, 6.07) is 11.4. The number of hydrogen-bond acceptors (Lipinski definition) is 6. The van der Waals surface area contributed by atoms with Crippen LogP contribution in [0, 0.1) is 6.92 Å². The highest BCUT2D eigenvalue weighted by atomic mass is 32.2. The van der Waals surface area contributed by atoms with Crippen LogP contribution in [0.5, 0.6) is 11.5 Å². The Hall–Kier alpha value is -3.11. The van der Waals surface area contributed by atoms with Crippen LogP contribution in [0.4, 0.5) is 0 Å². The summed E-state index contributed by atoms with van der Waals surface area (Å²) in [5, 5.41) is 0. The fourth-order valence-corrected chi connectivity index (χ4v) is 5.25. The fraction of sp³-hybridized carbons (Fsp3) is 0.391. The number of sulfonamides is 1. The molecule has 0 radical (unpaired) electrons. The van der Waals surface area contributed by atoms with E-state index in [1.807, 2.05) is 6.92 Å². The molecule has 1 fully saturated rings. The van der Waals surface area contributed by atoms with Crippen molar-refractivity contribution in [2.75, 3.05) is 26.3 Å². The Labute approximate surface area is 194 Å². The standard InChI is InChI=1S/C23H29N3O6S/c1-3-31-19-9-5-6-10-20(19)32-16-22(27)24-25-23(28)18-12-11-17(2)21(15-18)33(29,30)26-13-7-4-8-14-26/h5-6,9-12,15H,3-4,7-8,13-14,16H2,1-2H3,(H,24,27)(H,25,28). The van der Waals surface area contributed by atoms with Gasteiger partial charge in [-0.15, -0.1) is 0 Å². The van der Waals surface area contributed by atoms with E-state index in [0.29, 0.717) is 36.8 Å². The van der Waals surface area contributed by atoms with E-state index in [9.17, 15) is 18.0 Å². The third kappa shape index (κ3) is 6.23. The minimum Gasteiger partial charge on any atom is -0.490 e. The van der Waals surface area contributed by atoms with Gasteiger partial charge >= 0.3 is 0 Å². The first-order valence-corrected chi connectivity index (χ1v) is 12.3. The number of carbonyl (C=O) groups excluding carboxylic acids is 2. The molecule has 10 heteroatoms. The van der Waals surface area contributed by atoms with E-state index in [2.05, 4.69) is 10.9 Å². The van der Waals surface area contributed by atoms with Crippen molar-refractivity contribution in [3.8, 4) is 11.5 Å². The highest BCUT2D eigenvalue weighted by Gasteiger charge is 2.28. The predicted octanol–water partition coefficient (Wildman–Crippen LogP) is 2.41. The van der Waals surface area contributed by atoms with E-state index in [1.54, 1.807) is 37.3 Å². The maximum absolute atomic E-state index is 13.0. The summed E-state index contributed by atoms with van der Waals surface area (Å²) in [5.74, 6) is -0.290. The monoisotopic (exact) mass is 475 g/mol. The van der Waals surface area contributed by atoms with Gasteiger partial charge in [-0.3, -0.25) is 20.4 Å². The number of nitrogens with zero attached hydrogens (tertiary/aromatic N) is 1. The molecular weight excluding hydrogens is 446 g/mol. The number of rotatable bonds is 8. The molecule has 0 bridgehead atoms. The first-order valence-electron chi connectivity index (χ1n) is 10.9. The largest absolute Gasteiger partial charge is 0.490 e. The number of carbonyl (C=O) groups is 2. The number of para-hydroxylation sites is 2. The van der Waals surface area contributed by atoms with Crippen molar-refractivity contribution < 1.29 is 27.5 Å². The molecule has 178 valence electrons. The highest BCUT2D eigenvalue weighted by Crippen LogP contribution is 2.26. The molecule has 2 N–H and O–H groups in total. The molecule has 9 nitrogen and oxygen atoms in total. The first kappa shape index (κ1) is 24.5. The van der Waals surface area contributed by atoms with Gasteiger partial charge in [0.2, 0.25) is 10.0 Å². The van der Waals surface area contributed by atoms with Gasteiger partial charge in [0.1, 0.15) is 0 Å². The Kier molecular flexibility index (Phi) is 8.29.